The van der Waals surface area contributed by atoms with Gasteiger partial charge in [0, 0.05) is 33.8 Å². The molecule has 0 radical (unpaired) electrons. The van der Waals surface area contributed by atoms with Crippen molar-refractivity contribution in [1.29, 1.82) is 0 Å². The molecule has 7 heteroatoms. The molecule has 0 fully saturated rings. The Labute approximate surface area is 214 Å². The van der Waals surface area contributed by atoms with Gasteiger partial charge >= 0.3 is 5.97 Å². The number of halogens is 1. The number of esters is 1. The molecule has 1 aliphatic carbocycles. The molecule has 1 N–H and O–H groups in total. The van der Waals surface area contributed by atoms with Gasteiger partial charge in [0.2, 0.25) is 0 Å². The molecule has 0 saturated heterocycles. The lowest BCUT2D eigenvalue weighted by Gasteiger charge is -2.37. The van der Waals surface area contributed by atoms with E-state index < -0.39 is 11.9 Å². The van der Waals surface area contributed by atoms with Crippen molar-refractivity contribution in [3.05, 3.63) is 80.6 Å². The van der Waals surface area contributed by atoms with Gasteiger partial charge in [0.1, 0.15) is 0 Å². The van der Waals surface area contributed by atoms with Crippen molar-refractivity contribution in [3.63, 3.8) is 0 Å². The predicted molar refractivity (Wildman–Crippen MR) is 138 cm³/mol. The van der Waals surface area contributed by atoms with Crippen LogP contribution in [0.25, 0.3) is 0 Å². The maximum absolute atomic E-state index is 13.7. The first kappa shape index (κ1) is 25.0. The average molecular weight is 540 g/mol. The van der Waals surface area contributed by atoms with E-state index in [-0.39, 0.29) is 17.8 Å². The Balaban J connectivity index is 1.79. The quantitative estimate of drug-likeness (QED) is 0.469. The summed E-state index contributed by atoms with van der Waals surface area (Å²) in [5, 5.41) is 3.39. The first-order valence-corrected chi connectivity index (χ1v) is 12.5. The normalized spacial score (nSPS) is 19.9. The number of nitrogens with one attached hydrogen (secondary N) is 1. The molecule has 2 aromatic rings. The Bertz CT molecular complexity index is 1230. The van der Waals surface area contributed by atoms with Crippen LogP contribution >= 0.6 is 15.9 Å². The van der Waals surface area contributed by atoms with Crippen LogP contribution in [0.5, 0.6) is 11.5 Å². The highest BCUT2D eigenvalue weighted by Crippen LogP contribution is 2.47. The van der Waals surface area contributed by atoms with Crippen LogP contribution in [-0.4, -0.2) is 32.1 Å². The molecule has 2 atom stereocenters. The summed E-state index contributed by atoms with van der Waals surface area (Å²) in [6.45, 7) is 5.51. The smallest absolute Gasteiger partial charge is 0.337 e. The van der Waals surface area contributed by atoms with Crippen molar-refractivity contribution >= 4 is 27.7 Å². The van der Waals surface area contributed by atoms with Gasteiger partial charge in [0.05, 0.1) is 25.9 Å². The molecule has 0 amide bonds. The first-order valence-electron chi connectivity index (χ1n) is 11.7. The number of methoxy groups -OCH3 is 2. The van der Waals surface area contributed by atoms with Gasteiger partial charge in [0.15, 0.2) is 17.3 Å². The molecule has 0 spiro atoms. The molecule has 6 nitrogen and oxygen atoms in total. The lowest BCUT2D eigenvalue weighted by molar-refractivity contribution is -0.143. The number of carbonyl (C=O) groups excluding carboxylic acids is 2. The van der Waals surface area contributed by atoms with Gasteiger partial charge in [-0.25, -0.2) is 4.79 Å². The Morgan fingerprint density at radius 2 is 1.77 bits per heavy atom. The number of ether oxygens (including phenoxy) is 3. The van der Waals surface area contributed by atoms with Crippen LogP contribution in [0.2, 0.25) is 0 Å². The van der Waals surface area contributed by atoms with Crippen molar-refractivity contribution in [2.75, 3.05) is 14.2 Å². The van der Waals surface area contributed by atoms with Gasteiger partial charge < -0.3 is 19.5 Å². The van der Waals surface area contributed by atoms with E-state index in [1.54, 1.807) is 14.2 Å². The third kappa shape index (κ3) is 4.87. The topological polar surface area (TPSA) is 73.9 Å². The van der Waals surface area contributed by atoms with Gasteiger partial charge in [-0.2, -0.15) is 0 Å². The second kappa shape index (κ2) is 10.3. The number of ketones is 1. The zero-order valence-corrected chi connectivity index (χ0v) is 22.2. The average Bonchev–Trinajstić information content (AvgIpc) is 2.82. The highest BCUT2D eigenvalue weighted by molar-refractivity contribution is 9.10. The monoisotopic (exact) mass is 539 g/mol. The number of hydrogen-bond donors (Lipinski definition) is 1. The Hall–Kier alpha value is -3.06. The molecule has 184 valence electrons. The first-order chi connectivity index (χ1) is 16.7. The SMILES string of the molecule is COc1ccc([C@@H]2CC(=O)C3=C(C2)NC(C)=C(C(=O)OC(C)C)[C@@H]3c2ccccc2Br)cc1OC. The third-order valence-electron chi connectivity index (χ3n) is 6.49. The van der Waals surface area contributed by atoms with Crippen molar-refractivity contribution in [1.82, 2.24) is 5.32 Å². The van der Waals surface area contributed by atoms with E-state index in [0.29, 0.717) is 41.2 Å². The number of rotatable bonds is 6. The molecule has 4 rings (SSSR count). The lowest BCUT2D eigenvalue weighted by atomic mass is 9.71. The maximum Gasteiger partial charge on any atom is 0.337 e. The summed E-state index contributed by atoms with van der Waals surface area (Å²) in [6.07, 6.45) is 0.707. The Morgan fingerprint density at radius 1 is 1.06 bits per heavy atom. The molecule has 0 aromatic heterocycles. The zero-order valence-electron chi connectivity index (χ0n) is 20.6. The van der Waals surface area contributed by atoms with Crippen molar-refractivity contribution in [2.45, 2.75) is 51.6 Å². The highest BCUT2D eigenvalue weighted by Gasteiger charge is 2.42. The molecule has 1 heterocycles. The van der Waals surface area contributed by atoms with E-state index >= 15 is 0 Å². The molecule has 0 bridgehead atoms. The number of Topliss-reactive ketones (excluding diaryl/α,β-unsaturated/α-hetero) is 1. The molecule has 2 aromatic carbocycles. The standard InChI is InChI=1S/C28H30BrNO5/c1-15(2)35-28(32)25-16(3)30-21-12-18(17-10-11-23(33-4)24(14-17)34-5)13-22(31)27(21)26(25)19-8-6-7-9-20(19)29/h6-11,14-15,18,26,30H,12-13H2,1-5H3/t18-,26-/m0/s1. The van der Waals surface area contributed by atoms with E-state index in [2.05, 4.69) is 21.2 Å². The molecule has 2 aliphatic rings. The number of benzene rings is 2. The fourth-order valence-electron chi connectivity index (χ4n) is 4.95. The number of dihydropyridines is 1. The lowest BCUT2D eigenvalue weighted by Crippen LogP contribution is -2.36. The van der Waals surface area contributed by atoms with Gasteiger partial charge in [-0.05, 0) is 62.4 Å². The molecule has 1 aliphatic heterocycles. The summed E-state index contributed by atoms with van der Waals surface area (Å²) in [5.74, 6) is 0.357. The summed E-state index contributed by atoms with van der Waals surface area (Å²) in [5.41, 5.74) is 4.54. The fraction of sp³-hybridized carbons (Fsp3) is 0.357. The summed E-state index contributed by atoms with van der Waals surface area (Å²) < 4.78 is 17.3. The van der Waals surface area contributed by atoms with Gasteiger partial charge in [-0.15, -0.1) is 0 Å². The Kier molecular flexibility index (Phi) is 7.36. The minimum absolute atomic E-state index is 0.0154. The van der Waals surface area contributed by atoms with Gasteiger partial charge in [-0.1, -0.05) is 40.2 Å². The van der Waals surface area contributed by atoms with Crippen LogP contribution in [0.3, 0.4) is 0 Å². The molecular weight excluding hydrogens is 510 g/mol. The molecule has 0 unspecified atom stereocenters. The van der Waals surface area contributed by atoms with Crippen LogP contribution in [0, 0.1) is 0 Å². The fourth-order valence-corrected chi connectivity index (χ4v) is 5.46. The van der Waals surface area contributed by atoms with E-state index in [0.717, 1.165) is 21.3 Å². The number of allylic oxidation sites excluding steroid dienone is 3. The van der Waals surface area contributed by atoms with Crippen LogP contribution in [-0.2, 0) is 14.3 Å². The second-order valence-electron chi connectivity index (χ2n) is 9.11. The number of hydrogen-bond acceptors (Lipinski definition) is 6. The van der Waals surface area contributed by atoms with Gasteiger partial charge in [0.25, 0.3) is 0 Å². The Morgan fingerprint density at radius 3 is 2.43 bits per heavy atom. The summed E-state index contributed by atoms with van der Waals surface area (Å²) in [4.78, 5) is 27.0. The maximum atomic E-state index is 13.7. The summed E-state index contributed by atoms with van der Waals surface area (Å²) in [6, 6.07) is 13.5. The predicted octanol–water partition coefficient (Wildman–Crippen LogP) is 5.78. The summed E-state index contributed by atoms with van der Waals surface area (Å²) >= 11 is 3.64. The second-order valence-corrected chi connectivity index (χ2v) is 9.96. The molecular formula is C28H30BrNO5. The van der Waals surface area contributed by atoms with E-state index in [1.807, 2.05) is 63.2 Å². The van der Waals surface area contributed by atoms with Crippen molar-refractivity contribution < 1.29 is 23.8 Å². The molecule has 35 heavy (non-hydrogen) atoms. The van der Waals surface area contributed by atoms with Crippen LogP contribution in [0.4, 0.5) is 0 Å². The minimum Gasteiger partial charge on any atom is -0.493 e. The van der Waals surface area contributed by atoms with Crippen molar-refractivity contribution in [2.24, 2.45) is 0 Å². The summed E-state index contributed by atoms with van der Waals surface area (Å²) in [7, 11) is 3.20. The van der Waals surface area contributed by atoms with E-state index in [4.69, 9.17) is 14.2 Å². The van der Waals surface area contributed by atoms with Crippen molar-refractivity contribution in [3.8, 4) is 11.5 Å². The van der Waals surface area contributed by atoms with E-state index in [1.165, 1.54) is 0 Å². The largest absolute Gasteiger partial charge is 0.493 e. The number of carbonyl (C=O) groups is 2. The molecule has 0 saturated carbocycles. The van der Waals surface area contributed by atoms with Crippen LogP contribution in [0.15, 0.2) is 69.5 Å². The minimum atomic E-state index is -0.507. The zero-order chi connectivity index (χ0) is 25.3. The van der Waals surface area contributed by atoms with E-state index in [9.17, 15) is 9.59 Å². The van der Waals surface area contributed by atoms with Gasteiger partial charge in [-0.3, -0.25) is 4.79 Å². The van der Waals surface area contributed by atoms with Crippen LogP contribution in [0.1, 0.15) is 56.6 Å². The van der Waals surface area contributed by atoms with Crippen LogP contribution < -0.4 is 14.8 Å². The third-order valence-corrected chi connectivity index (χ3v) is 7.21. The highest BCUT2D eigenvalue weighted by atomic mass is 79.9.